The second-order valence-electron chi connectivity index (χ2n) is 8.97. The Labute approximate surface area is 175 Å². The Bertz CT molecular complexity index is 496. The topological polar surface area (TPSA) is 102 Å². The molecule has 0 bridgehead atoms. The quantitative estimate of drug-likeness (QED) is 0.314. The molecule has 0 saturated heterocycles. The van der Waals surface area contributed by atoms with Crippen LogP contribution in [0.15, 0.2) is 0 Å². The molecule has 29 heavy (non-hydrogen) atoms. The van der Waals surface area contributed by atoms with Crippen LogP contribution in [0.5, 0.6) is 0 Å². The number of hydrogen-bond acceptors (Lipinski definition) is 6. The van der Waals surface area contributed by atoms with Crippen molar-refractivity contribution in [1.29, 1.82) is 0 Å². The number of aliphatic hydroxyl groups is 1. The van der Waals surface area contributed by atoms with Gasteiger partial charge < -0.3 is 19.9 Å². The maximum absolute atomic E-state index is 12.2. The Morgan fingerprint density at radius 3 is 2.03 bits per heavy atom. The average Bonchev–Trinajstić information content (AvgIpc) is 2.61. The van der Waals surface area contributed by atoms with Crippen LogP contribution in [0.3, 0.4) is 0 Å². The van der Waals surface area contributed by atoms with Gasteiger partial charge in [0.25, 0.3) is 0 Å². The number of amides is 1. The van der Waals surface area contributed by atoms with Crippen LogP contribution in [0.1, 0.15) is 80.1 Å². The number of esters is 2. The highest BCUT2D eigenvalue weighted by molar-refractivity contribution is 5.77. The molecule has 0 aliphatic carbocycles. The number of nitrogens with one attached hydrogen (secondary N) is 1. The summed E-state index contributed by atoms with van der Waals surface area (Å²) in [6.45, 7) is 10.9. The van der Waals surface area contributed by atoms with E-state index in [0.29, 0.717) is 24.7 Å². The van der Waals surface area contributed by atoms with Gasteiger partial charge in [-0.3, -0.25) is 14.4 Å². The van der Waals surface area contributed by atoms with E-state index in [2.05, 4.69) is 33.0 Å². The molecule has 7 heteroatoms. The van der Waals surface area contributed by atoms with Crippen molar-refractivity contribution in [3.05, 3.63) is 0 Å². The number of rotatable bonds is 15. The van der Waals surface area contributed by atoms with Gasteiger partial charge in [0.1, 0.15) is 12.0 Å². The van der Waals surface area contributed by atoms with Gasteiger partial charge in [-0.25, -0.2) is 0 Å². The summed E-state index contributed by atoms with van der Waals surface area (Å²) in [5.74, 6) is 0.0462. The van der Waals surface area contributed by atoms with Crippen LogP contribution in [0.4, 0.5) is 0 Å². The minimum atomic E-state index is -1.26. The van der Waals surface area contributed by atoms with Crippen LogP contribution in [-0.4, -0.2) is 48.8 Å². The summed E-state index contributed by atoms with van der Waals surface area (Å²) in [6, 6.07) is 0.219. The van der Waals surface area contributed by atoms with E-state index in [-0.39, 0.29) is 25.2 Å². The molecule has 2 N–H and O–H groups in total. The van der Waals surface area contributed by atoms with Gasteiger partial charge >= 0.3 is 11.9 Å². The standard InChI is InChI=1S/C22H41NO6/c1-16(2)12-19(13-17(3)4)23-20(26)10-8-7-9-11-28-21(27)22(6,14-24)15-29-18(5)25/h16-17,19,24H,7-15H2,1-6H3,(H,23,26). The number of unbranched alkanes of at least 4 members (excludes halogenated alkanes) is 2. The molecule has 1 unspecified atom stereocenters. The van der Waals surface area contributed by atoms with Crippen molar-refractivity contribution in [2.45, 2.75) is 86.1 Å². The highest BCUT2D eigenvalue weighted by atomic mass is 16.6. The lowest BCUT2D eigenvalue weighted by Crippen LogP contribution is -2.38. The maximum Gasteiger partial charge on any atom is 0.317 e. The second-order valence-corrected chi connectivity index (χ2v) is 8.97. The van der Waals surface area contributed by atoms with Crippen molar-refractivity contribution < 1.29 is 29.0 Å². The minimum Gasteiger partial charge on any atom is -0.465 e. The molecule has 0 aromatic heterocycles. The van der Waals surface area contributed by atoms with Crippen molar-refractivity contribution in [2.24, 2.45) is 17.3 Å². The van der Waals surface area contributed by atoms with E-state index in [1.807, 2.05) is 0 Å². The summed E-state index contributed by atoms with van der Waals surface area (Å²) in [5.41, 5.74) is -1.26. The zero-order valence-electron chi connectivity index (χ0n) is 19.1. The van der Waals surface area contributed by atoms with Gasteiger partial charge in [0, 0.05) is 19.4 Å². The molecule has 0 aliphatic rings. The van der Waals surface area contributed by atoms with Gasteiger partial charge in [0.05, 0.1) is 13.2 Å². The number of hydrogen-bond donors (Lipinski definition) is 2. The summed E-state index contributed by atoms with van der Waals surface area (Å²) in [5, 5.41) is 12.6. The molecule has 0 saturated carbocycles. The highest BCUT2D eigenvalue weighted by Gasteiger charge is 2.35. The first kappa shape index (κ1) is 27.4. The lowest BCUT2D eigenvalue weighted by molar-refractivity contribution is -0.165. The fraction of sp³-hybridized carbons (Fsp3) is 0.864. The number of aliphatic hydroxyl groups excluding tert-OH is 1. The Morgan fingerprint density at radius 2 is 1.55 bits per heavy atom. The third-order valence-corrected chi connectivity index (χ3v) is 4.59. The van der Waals surface area contributed by atoms with Crippen LogP contribution in [-0.2, 0) is 23.9 Å². The van der Waals surface area contributed by atoms with Gasteiger partial charge in [0.15, 0.2) is 0 Å². The molecule has 7 nitrogen and oxygen atoms in total. The molecule has 0 aromatic rings. The van der Waals surface area contributed by atoms with E-state index >= 15 is 0 Å². The molecule has 0 rings (SSSR count). The van der Waals surface area contributed by atoms with Crippen molar-refractivity contribution in [3.8, 4) is 0 Å². The average molecular weight is 416 g/mol. The molecule has 0 heterocycles. The van der Waals surface area contributed by atoms with Gasteiger partial charge in [-0.2, -0.15) is 0 Å². The Hall–Kier alpha value is -1.63. The lowest BCUT2D eigenvalue weighted by atomic mass is 9.93. The van der Waals surface area contributed by atoms with E-state index in [4.69, 9.17) is 9.47 Å². The zero-order chi connectivity index (χ0) is 22.4. The van der Waals surface area contributed by atoms with Crippen molar-refractivity contribution in [2.75, 3.05) is 19.8 Å². The van der Waals surface area contributed by atoms with Gasteiger partial charge in [-0.15, -0.1) is 0 Å². The van der Waals surface area contributed by atoms with Crippen LogP contribution in [0.25, 0.3) is 0 Å². The molecule has 1 atom stereocenters. The van der Waals surface area contributed by atoms with Crippen molar-refractivity contribution in [3.63, 3.8) is 0 Å². The molecular formula is C22H41NO6. The normalized spacial score (nSPS) is 13.4. The fourth-order valence-electron chi connectivity index (χ4n) is 2.99. The van der Waals surface area contributed by atoms with Gasteiger partial charge in [-0.1, -0.05) is 27.7 Å². The monoisotopic (exact) mass is 415 g/mol. The Kier molecular flexibility index (Phi) is 13.6. The predicted molar refractivity (Wildman–Crippen MR) is 112 cm³/mol. The van der Waals surface area contributed by atoms with Gasteiger partial charge in [-0.05, 0) is 50.9 Å². The fourth-order valence-corrected chi connectivity index (χ4v) is 2.99. The second kappa shape index (κ2) is 14.4. The summed E-state index contributed by atoms with van der Waals surface area (Å²) in [7, 11) is 0. The largest absolute Gasteiger partial charge is 0.465 e. The third-order valence-electron chi connectivity index (χ3n) is 4.59. The van der Waals surface area contributed by atoms with Crippen LogP contribution >= 0.6 is 0 Å². The lowest BCUT2D eigenvalue weighted by Gasteiger charge is -2.24. The van der Waals surface area contributed by atoms with E-state index in [1.165, 1.54) is 13.8 Å². The van der Waals surface area contributed by atoms with Crippen LogP contribution in [0.2, 0.25) is 0 Å². The Balaban J connectivity index is 4.11. The van der Waals surface area contributed by atoms with Crippen molar-refractivity contribution in [1.82, 2.24) is 5.32 Å². The summed E-state index contributed by atoms with van der Waals surface area (Å²) in [6.07, 6.45) is 4.55. The first-order valence-electron chi connectivity index (χ1n) is 10.7. The molecular weight excluding hydrogens is 374 g/mol. The molecule has 0 aromatic carbocycles. The van der Waals surface area contributed by atoms with E-state index < -0.39 is 24.0 Å². The first-order valence-corrected chi connectivity index (χ1v) is 10.7. The highest BCUT2D eigenvalue weighted by Crippen LogP contribution is 2.19. The third kappa shape index (κ3) is 13.3. The SMILES string of the molecule is CC(=O)OCC(C)(CO)C(=O)OCCCCCC(=O)NC(CC(C)C)CC(C)C. The number of carbonyl (C=O) groups excluding carboxylic acids is 3. The molecule has 0 aliphatic heterocycles. The van der Waals surface area contributed by atoms with Crippen LogP contribution in [0, 0.1) is 17.3 Å². The van der Waals surface area contributed by atoms with Crippen molar-refractivity contribution >= 4 is 17.8 Å². The number of ether oxygens (including phenoxy) is 2. The van der Waals surface area contributed by atoms with Crippen LogP contribution < -0.4 is 5.32 Å². The van der Waals surface area contributed by atoms with E-state index in [9.17, 15) is 19.5 Å². The smallest absolute Gasteiger partial charge is 0.317 e. The first-order chi connectivity index (χ1) is 13.5. The minimum absolute atomic E-state index is 0.0718. The zero-order valence-corrected chi connectivity index (χ0v) is 19.1. The van der Waals surface area contributed by atoms with E-state index in [1.54, 1.807) is 0 Å². The molecule has 1 amide bonds. The summed E-state index contributed by atoms with van der Waals surface area (Å²) < 4.78 is 10.0. The summed E-state index contributed by atoms with van der Waals surface area (Å²) in [4.78, 5) is 35.2. The molecule has 0 spiro atoms. The Morgan fingerprint density at radius 1 is 0.966 bits per heavy atom. The molecule has 170 valence electrons. The molecule has 0 radical (unpaired) electrons. The van der Waals surface area contributed by atoms with E-state index in [0.717, 1.165) is 25.7 Å². The van der Waals surface area contributed by atoms with Gasteiger partial charge in [0.2, 0.25) is 5.91 Å². The molecule has 0 fully saturated rings. The maximum atomic E-state index is 12.2. The summed E-state index contributed by atoms with van der Waals surface area (Å²) >= 11 is 0. The predicted octanol–water partition coefficient (Wildman–Crippen LogP) is 3.23. The number of carbonyl (C=O) groups is 3.